The number of carbonyl (C=O) groups is 1. The van der Waals surface area contributed by atoms with Crippen molar-refractivity contribution in [3.8, 4) is 0 Å². The van der Waals surface area contributed by atoms with Gasteiger partial charge in [-0.25, -0.2) is 0 Å². The van der Waals surface area contributed by atoms with Crippen LogP contribution in [-0.2, 0) is 11.3 Å². The van der Waals surface area contributed by atoms with Gasteiger partial charge in [0.05, 0.1) is 0 Å². The van der Waals surface area contributed by atoms with Gasteiger partial charge >= 0.3 is 0 Å². The normalized spacial score (nSPS) is 20.2. The highest BCUT2D eigenvalue weighted by Gasteiger charge is 2.24. The monoisotopic (exact) mass is 274 g/mol. The first-order valence-corrected chi connectivity index (χ1v) is 7.80. The predicted octanol–water partition coefficient (Wildman–Crippen LogP) is 2.91. The molecule has 1 amide bonds. The lowest BCUT2D eigenvalue weighted by atomic mass is 10.1. The van der Waals surface area contributed by atoms with E-state index in [4.69, 9.17) is 0 Å². The van der Waals surface area contributed by atoms with Crippen LogP contribution < -0.4 is 0 Å². The molecule has 0 radical (unpaired) electrons. The van der Waals surface area contributed by atoms with Crippen molar-refractivity contribution in [1.29, 1.82) is 0 Å². The molecule has 1 heterocycles. The number of amides is 1. The molecule has 1 fully saturated rings. The number of hydrogen-bond donors (Lipinski definition) is 0. The number of nitrogens with zero attached hydrogens (tertiary/aromatic N) is 2. The maximum absolute atomic E-state index is 12.0. The fourth-order valence-corrected chi connectivity index (χ4v) is 3.04. The quantitative estimate of drug-likeness (QED) is 0.824. The van der Waals surface area contributed by atoms with Gasteiger partial charge in [0.1, 0.15) is 0 Å². The van der Waals surface area contributed by atoms with E-state index >= 15 is 0 Å². The van der Waals surface area contributed by atoms with Crippen molar-refractivity contribution in [3.63, 3.8) is 0 Å². The summed E-state index contributed by atoms with van der Waals surface area (Å²) >= 11 is 0. The van der Waals surface area contributed by atoms with Gasteiger partial charge in [0.25, 0.3) is 0 Å². The molecule has 1 unspecified atom stereocenters. The molecule has 0 aliphatic carbocycles. The molecule has 20 heavy (non-hydrogen) atoms. The van der Waals surface area contributed by atoms with E-state index in [1.54, 1.807) is 0 Å². The van der Waals surface area contributed by atoms with Gasteiger partial charge in [0.2, 0.25) is 5.91 Å². The number of rotatable bonds is 5. The third kappa shape index (κ3) is 3.83. The molecule has 1 aliphatic heterocycles. The number of hydrogen-bond acceptors (Lipinski definition) is 2. The van der Waals surface area contributed by atoms with Crippen LogP contribution in [-0.4, -0.2) is 41.4 Å². The Morgan fingerprint density at radius 2 is 1.95 bits per heavy atom. The van der Waals surface area contributed by atoms with Crippen molar-refractivity contribution in [3.05, 3.63) is 35.9 Å². The molecule has 1 aliphatic rings. The van der Waals surface area contributed by atoms with Gasteiger partial charge in [-0.1, -0.05) is 37.3 Å². The zero-order valence-corrected chi connectivity index (χ0v) is 12.7. The van der Waals surface area contributed by atoms with E-state index in [0.29, 0.717) is 18.4 Å². The second-order valence-corrected chi connectivity index (χ2v) is 5.50. The Kier molecular flexibility index (Phi) is 5.60. The number of likely N-dealkylation sites (tertiary alicyclic amines) is 1. The van der Waals surface area contributed by atoms with Crippen LogP contribution in [0.2, 0.25) is 0 Å². The summed E-state index contributed by atoms with van der Waals surface area (Å²) in [6, 6.07) is 11.1. The molecule has 1 atom stereocenters. The average Bonchev–Trinajstić information content (AvgIpc) is 2.67. The minimum Gasteiger partial charge on any atom is -0.343 e. The van der Waals surface area contributed by atoms with Gasteiger partial charge in [0, 0.05) is 32.1 Å². The van der Waals surface area contributed by atoms with E-state index in [1.165, 1.54) is 5.56 Å². The van der Waals surface area contributed by atoms with Crippen LogP contribution in [0.25, 0.3) is 0 Å². The highest BCUT2D eigenvalue weighted by molar-refractivity contribution is 5.76. The Labute approximate surface area is 122 Å². The van der Waals surface area contributed by atoms with Crippen molar-refractivity contribution >= 4 is 5.91 Å². The zero-order valence-electron chi connectivity index (χ0n) is 12.7. The molecule has 1 aromatic carbocycles. The van der Waals surface area contributed by atoms with Crippen LogP contribution in [0.15, 0.2) is 30.3 Å². The van der Waals surface area contributed by atoms with Gasteiger partial charge in [0.15, 0.2) is 0 Å². The number of benzene rings is 1. The molecule has 0 bridgehead atoms. The van der Waals surface area contributed by atoms with Crippen molar-refractivity contribution in [2.45, 2.75) is 45.7 Å². The summed E-state index contributed by atoms with van der Waals surface area (Å²) in [6.45, 7) is 8.07. The summed E-state index contributed by atoms with van der Waals surface area (Å²) in [5, 5.41) is 0. The Morgan fingerprint density at radius 1 is 1.20 bits per heavy atom. The first-order valence-electron chi connectivity index (χ1n) is 7.80. The fraction of sp³-hybridized carbons (Fsp3) is 0.588. The van der Waals surface area contributed by atoms with Crippen LogP contribution in [0.4, 0.5) is 0 Å². The summed E-state index contributed by atoms with van der Waals surface area (Å²) in [6.07, 6.45) is 2.79. The largest absolute Gasteiger partial charge is 0.343 e. The molecule has 0 saturated carbocycles. The van der Waals surface area contributed by atoms with E-state index in [9.17, 15) is 4.79 Å². The SMILES string of the molecule is CCN1CCC(N(CC)Cc2ccccc2)CCC1=O. The molecule has 1 saturated heterocycles. The minimum absolute atomic E-state index is 0.325. The van der Waals surface area contributed by atoms with Crippen LogP contribution in [0.3, 0.4) is 0 Å². The maximum Gasteiger partial charge on any atom is 0.222 e. The van der Waals surface area contributed by atoms with Gasteiger partial charge in [-0.05, 0) is 31.9 Å². The summed E-state index contributed by atoms with van der Waals surface area (Å²) in [7, 11) is 0. The van der Waals surface area contributed by atoms with E-state index in [-0.39, 0.29) is 0 Å². The van der Waals surface area contributed by atoms with Crippen LogP contribution >= 0.6 is 0 Å². The second kappa shape index (κ2) is 7.44. The molecule has 0 spiro atoms. The van der Waals surface area contributed by atoms with Crippen molar-refractivity contribution < 1.29 is 4.79 Å². The Hall–Kier alpha value is -1.35. The maximum atomic E-state index is 12.0. The molecule has 0 aromatic heterocycles. The molecular weight excluding hydrogens is 248 g/mol. The topological polar surface area (TPSA) is 23.6 Å². The lowest BCUT2D eigenvalue weighted by Gasteiger charge is -2.30. The summed E-state index contributed by atoms with van der Waals surface area (Å²) in [5.74, 6) is 0.325. The molecule has 1 aromatic rings. The molecule has 110 valence electrons. The summed E-state index contributed by atoms with van der Waals surface area (Å²) in [5.41, 5.74) is 1.36. The molecular formula is C17H26N2O. The number of carbonyl (C=O) groups excluding carboxylic acids is 1. The third-order valence-corrected chi connectivity index (χ3v) is 4.31. The van der Waals surface area contributed by atoms with Gasteiger partial charge in [-0.15, -0.1) is 0 Å². The summed E-state index contributed by atoms with van der Waals surface area (Å²) in [4.78, 5) is 16.5. The molecule has 0 N–H and O–H groups in total. The fourth-order valence-electron chi connectivity index (χ4n) is 3.04. The van der Waals surface area contributed by atoms with E-state index < -0.39 is 0 Å². The standard InChI is InChI=1S/C17H26N2O/c1-3-18-13-12-16(10-11-17(18)20)19(4-2)14-15-8-6-5-7-9-15/h5-9,16H,3-4,10-14H2,1-2H3. The van der Waals surface area contributed by atoms with E-state index in [1.807, 2.05) is 4.90 Å². The van der Waals surface area contributed by atoms with Gasteiger partial charge < -0.3 is 4.90 Å². The Bertz CT molecular complexity index is 418. The minimum atomic E-state index is 0.325. The van der Waals surface area contributed by atoms with Crippen LogP contribution in [0.1, 0.15) is 38.7 Å². The second-order valence-electron chi connectivity index (χ2n) is 5.50. The molecule has 2 rings (SSSR count). The van der Waals surface area contributed by atoms with Crippen LogP contribution in [0, 0.1) is 0 Å². The van der Waals surface area contributed by atoms with Crippen molar-refractivity contribution in [2.24, 2.45) is 0 Å². The van der Waals surface area contributed by atoms with Gasteiger partial charge in [-0.3, -0.25) is 9.69 Å². The van der Waals surface area contributed by atoms with Crippen LogP contribution in [0.5, 0.6) is 0 Å². The first-order chi connectivity index (χ1) is 9.74. The molecule has 3 heteroatoms. The average molecular weight is 274 g/mol. The third-order valence-electron chi connectivity index (χ3n) is 4.31. The van der Waals surface area contributed by atoms with Crippen molar-refractivity contribution in [1.82, 2.24) is 9.80 Å². The lowest BCUT2D eigenvalue weighted by Crippen LogP contribution is -2.35. The highest BCUT2D eigenvalue weighted by Crippen LogP contribution is 2.19. The smallest absolute Gasteiger partial charge is 0.222 e. The first kappa shape index (κ1) is 15.0. The van der Waals surface area contributed by atoms with Gasteiger partial charge in [-0.2, -0.15) is 0 Å². The molecule has 3 nitrogen and oxygen atoms in total. The lowest BCUT2D eigenvalue weighted by molar-refractivity contribution is -0.130. The van der Waals surface area contributed by atoms with Crippen molar-refractivity contribution in [2.75, 3.05) is 19.6 Å². The summed E-state index contributed by atoms with van der Waals surface area (Å²) < 4.78 is 0. The zero-order chi connectivity index (χ0) is 14.4. The Morgan fingerprint density at radius 3 is 2.60 bits per heavy atom. The van der Waals surface area contributed by atoms with E-state index in [0.717, 1.165) is 39.0 Å². The predicted molar refractivity (Wildman–Crippen MR) is 82.4 cm³/mol. The van der Waals surface area contributed by atoms with E-state index in [2.05, 4.69) is 49.1 Å². The highest BCUT2D eigenvalue weighted by atomic mass is 16.2. The Balaban J connectivity index is 1.99.